The molecule has 150 valence electrons. The molecule has 1 aromatic carbocycles. The molecule has 0 aromatic heterocycles. The Hall–Kier alpha value is -2.28. The van der Waals surface area contributed by atoms with E-state index in [1.807, 2.05) is 6.07 Å². The quantitative estimate of drug-likeness (QED) is 0.562. The van der Waals surface area contributed by atoms with Crippen molar-refractivity contribution in [2.45, 2.75) is 51.6 Å². The summed E-state index contributed by atoms with van der Waals surface area (Å²) in [5.41, 5.74) is 3.38. The van der Waals surface area contributed by atoms with E-state index < -0.39 is 23.2 Å². The van der Waals surface area contributed by atoms with Crippen molar-refractivity contribution in [1.29, 1.82) is 0 Å². The van der Waals surface area contributed by atoms with Crippen molar-refractivity contribution in [1.82, 2.24) is 4.90 Å². The zero-order valence-corrected chi connectivity index (χ0v) is 17.9. The summed E-state index contributed by atoms with van der Waals surface area (Å²) < 4.78 is 4.66. The SMILES string of the molecule is COC(=O)[C@@H](C)N1C(=O)S/C(=C/c2ccc3c(c2)[C@H](C)CC(C)(C)N3C)C1=O. The van der Waals surface area contributed by atoms with Crippen LogP contribution in [0.4, 0.5) is 10.5 Å². The molecule has 0 aliphatic carbocycles. The van der Waals surface area contributed by atoms with Gasteiger partial charge in [0.2, 0.25) is 0 Å². The van der Waals surface area contributed by atoms with Crippen LogP contribution in [0.15, 0.2) is 23.1 Å². The van der Waals surface area contributed by atoms with Gasteiger partial charge in [-0.25, -0.2) is 4.79 Å². The van der Waals surface area contributed by atoms with E-state index in [-0.39, 0.29) is 5.54 Å². The minimum atomic E-state index is -0.942. The number of esters is 1. The number of amides is 2. The molecule has 0 N–H and O–H groups in total. The van der Waals surface area contributed by atoms with Gasteiger partial charge in [0.25, 0.3) is 11.1 Å². The van der Waals surface area contributed by atoms with Crippen LogP contribution in [0.3, 0.4) is 0 Å². The minimum absolute atomic E-state index is 0.0839. The zero-order valence-electron chi connectivity index (χ0n) is 17.1. The fourth-order valence-electron chi connectivity index (χ4n) is 3.93. The molecule has 0 bridgehead atoms. The number of carbonyl (C=O) groups excluding carboxylic acids is 3. The van der Waals surface area contributed by atoms with E-state index in [0.29, 0.717) is 10.8 Å². The lowest BCUT2D eigenvalue weighted by molar-refractivity contribution is -0.148. The van der Waals surface area contributed by atoms with Gasteiger partial charge in [0.05, 0.1) is 12.0 Å². The number of nitrogens with zero attached hydrogens (tertiary/aromatic N) is 2. The Balaban J connectivity index is 1.91. The summed E-state index contributed by atoms with van der Waals surface area (Å²) in [4.78, 5) is 40.2. The average molecular weight is 403 g/mol. The number of hydrogen-bond acceptors (Lipinski definition) is 6. The summed E-state index contributed by atoms with van der Waals surface area (Å²) in [5, 5.41) is -0.457. The number of fused-ring (bicyclic) bond motifs is 1. The van der Waals surface area contributed by atoms with Crippen LogP contribution < -0.4 is 4.90 Å². The smallest absolute Gasteiger partial charge is 0.328 e. The van der Waals surface area contributed by atoms with Crippen LogP contribution >= 0.6 is 11.8 Å². The van der Waals surface area contributed by atoms with Crippen molar-refractivity contribution in [3.05, 3.63) is 34.2 Å². The van der Waals surface area contributed by atoms with E-state index in [4.69, 9.17) is 0 Å². The Bertz CT molecular complexity index is 877. The van der Waals surface area contributed by atoms with Crippen LogP contribution in [0, 0.1) is 0 Å². The Morgan fingerprint density at radius 1 is 1.36 bits per heavy atom. The van der Waals surface area contributed by atoms with E-state index in [0.717, 1.165) is 28.6 Å². The fourth-order valence-corrected chi connectivity index (χ4v) is 4.83. The number of carbonyl (C=O) groups is 3. The highest BCUT2D eigenvalue weighted by Gasteiger charge is 2.41. The monoisotopic (exact) mass is 402 g/mol. The van der Waals surface area contributed by atoms with Crippen LogP contribution in [0.5, 0.6) is 0 Å². The first kappa shape index (κ1) is 20.5. The summed E-state index contributed by atoms with van der Waals surface area (Å²) in [7, 11) is 3.34. The summed E-state index contributed by atoms with van der Waals surface area (Å²) in [6, 6.07) is 5.17. The molecule has 1 fully saturated rings. The molecular weight excluding hydrogens is 376 g/mol. The van der Waals surface area contributed by atoms with Crippen molar-refractivity contribution in [3.63, 3.8) is 0 Å². The van der Waals surface area contributed by atoms with Crippen molar-refractivity contribution in [3.8, 4) is 0 Å². The van der Waals surface area contributed by atoms with Gasteiger partial charge < -0.3 is 9.64 Å². The number of hydrogen-bond donors (Lipinski definition) is 0. The molecule has 0 spiro atoms. The van der Waals surface area contributed by atoms with Crippen molar-refractivity contribution in [2.75, 3.05) is 19.1 Å². The van der Waals surface area contributed by atoms with Crippen molar-refractivity contribution in [2.24, 2.45) is 0 Å². The highest BCUT2D eigenvalue weighted by molar-refractivity contribution is 8.18. The summed E-state index contributed by atoms with van der Waals surface area (Å²) in [5.74, 6) is -0.683. The topological polar surface area (TPSA) is 66.9 Å². The summed E-state index contributed by atoms with van der Waals surface area (Å²) in [6.07, 6.45) is 2.76. The van der Waals surface area contributed by atoms with Crippen LogP contribution in [0.2, 0.25) is 0 Å². The van der Waals surface area contributed by atoms with Gasteiger partial charge in [0.15, 0.2) is 0 Å². The number of methoxy groups -OCH3 is 1. The van der Waals surface area contributed by atoms with Gasteiger partial charge in [0.1, 0.15) is 6.04 Å². The maximum absolute atomic E-state index is 12.7. The van der Waals surface area contributed by atoms with Gasteiger partial charge in [0, 0.05) is 18.3 Å². The summed E-state index contributed by atoms with van der Waals surface area (Å²) >= 11 is 0.852. The number of imide groups is 1. The second-order valence-electron chi connectivity index (χ2n) is 8.05. The largest absolute Gasteiger partial charge is 0.467 e. The van der Waals surface area contributed by atoms with Gasteiger partial charge in [-0.15, -0.1) is 0 Å². The normalized spacial score (nSPS) is 23.8. The first-order valence-corrected chi connectivity index (χ1v) is 10.1. The van der Waals surface area contributed by atoms with Crippen LogP contribution in [0.1, 0.15) is 51.2 Å². The van der Waals surface area contributed by atoms with Gasteiger partial charge in [-0.3, -0.25) is 14.5 Å². The Morgan fingerprint density at radius 3 is 2.68 bits per heavy atom. The molecule has 28 heavy (non-hydrogen) atoms. The number of rotatable bonds is 3. The van der Waals surface area contributed by atoms with Crippen molar-refractivity contribution < 1.29 is 19.1 Å². The average Bonchev–Trinajstić information content (AvgIpc) is 2.91. The third-order valence-corrected chi connectivity index (χ3v) is 6.59. The molecule has 0 radical (unpaired) electrons. The van der Waals surface area contributed by atoms with E-state index in [1.165, 1.54) is 25.3 Å². The molecule has 1 aromatic rings. The molecule has 0 saturated carbocycles. The van der Waals surface area contributed by atoms with Crippen LogP contribution in [0.25, 0.3) is 6.08 Å². The second-order valence-corrected chi connectivity index (χ2v) is 9.04. The lowest BCUT2D eigenvalue weighted by atomic mass is 9.80. The van der Waals surface area contributed by atoms with E-state index in [9.17, 15) is 14.4 Å². The standard InChI is InChI=1S/C21H26N2O4S/c1-12-11-21(3,4)22(5)16-8-7-14(9-15(12)16)10-17-18(24)23(20(26)28-17)13(2)19(25)27-6/h7-10,12-13H,11H2,1-6H3/b17-10+/t12-,13-/m1/s1. The molecule has 2 heterocycles. The predicted molar refractivity (Wildman–Crippen MR) is 111 cm³/mol. The van der Waals surface area contributed by atoms with Gasteiger partial charge >= 0.3 is 5.97 Å². The van der Waals surface area contributed by atoms with Crippen molar-refractivity contribution >= 4 is 40.6 Å². The summed E-state index contributed by atoms with van der Waals surface area (Å²) in [6.45, 7) is 8.17. The van der Waals surface area contributed by atoms with E-state index in [1.54, 1.807) is 6.08 Å². The highest BCUT2D eigenvalue weighted by atomic mass is 32.2. The molecule has 3 rings (SSSR count). The van der Waals surface area contributed by atoms with Gasteiger partial charge in [-0.1, -0.05) is 13.0 Å². The molecule has 2 aliphatic rings. The lowest BCUT2D eigenvalue weighted by Crippen LogP contribution is -2.45. The second kappa shape index (κ2) is 7.28. The molecule has 2 aliphatic heterocycles. The number of anilines is 1. The highest BCUT2D eigenvalue weighted by Crippen LogP contribution is 2.43. The lowest BCUT2D eigenvalue weighted by Gasteiger charge is -2.45. The molecular formula is C21H26N2O4S. The predicted octanol–water partition coefficient (Wildman–Crippen LogP) is 4.01. The minimum Gasteiger partial charge on any atom is -0.467 e. The number of benzene rings is 1. The maximum Gasteiger partial charge on any atom is 0.328 e. The first-order valence-electron chi connectivity index (χ1n) is 9.29. The Kier molecular flexibility index (Phi) is 5.32. The van der Waals surface area contributed by atoms with Crippen LogP contribution in [-0.2, 0) is 14.3 Å². The molecule has 6 nitrogen and oxygen atoms in total. The molecule has 7 heteroatoms. The molecule has 2 amide bonds. The molecule has 1 saturated heterocycles. The Labute approximate surface area is 169 Å². The third-order valence-electron chi connectivity index (χ3n) is 5.71. The number of ether oxygens (including phenoxy) is 1. The van der Waals surface area contributed by atoms with Gasteiger partial charge in [-0.2, -0.15) is 0 Å². The third kappa shape index (κ3) is 3.43. The first-order chi connectivity index (χ1) is 13.1. The Morgan fingerprint density at radius 2 is 2.04 bits per heavy atom. The number of thioether (sulfide) groups is 1. The van der Waals surface area contributed by atoms with E-state index >= 15 is 0 Å². The van der Waals surface area contributed by atoms with Crippen LogP contribution in [-0.4, -0.2) is 47.8 Å². The van der Waals surface area contributed by atoms with E-state index in [2.05, 4.69) is 49.6 Å². The molecule has 2 atom stereocenters. The van der Waals surface area contributed by atoms with Gasteiger partial charge in [-0.05, 0) is 74.2 Å². The fraction of sp³-hybridized carbons (Fsp3) is 0.476. The molecule has 0 unspecified atom stereocenters. The zero-order chi connectivity index (χ0) is 20.8. The maximum atomic E-state index is 12.7.